The predicted octanol–water partition coefficient (Wildman–Crippen LogP) is 7.84. The van der Waals surface area contributed by atoms with Gasteiger partial charge in [0.15, 0.2) is 23.1 Å². The molecule has 53 heavy (non-hydrogen) atoms. The van der Waals surface area contributed by atoms with Crippen LogP contribution in [-0.2, 0) is 39.4 Å². The molecule has 2 N–H and O–H groups in total. The van der Waals surface area contributed by atoms with Crippen LogP contribution in [0.2, 0.25) is 10.0 Å². The minimum atomic E-state index is -1.55. The number of hydrogen-bond donors (Lipinski definition) is 2. The Labute approximate surface area is 317 Å². The third-order valence-corrected chi connectivity index (χ3v) is 10.4. The summed E-state index contributed by atoms with van der Waals surface area (Å²) in [5, 5.41) is 17.2. The molecule has 0 radical (unpaired) electrons. The zero-order valence-electron chi connectivity index (χ0n) is 29.0. The van der Waals surface area contributed by atoms with Crippen LogP contribution in [0.1, 0.15) is 46.4 Å². The van der Waals surface area contributed by atoms with Crippen LogP contribution in [0.3, 0.4) is 0 Å². The molecule has 5 aromatic carbocycles. The summed E-state index contributed by atoms with van der Waals surface area (Å²) in [5.74, 6) is 0.891. The molecule has 3 atom stereocenters. The number of carbonyl (C=O) groups is 2. The Balaban J connectivity index is 1.01. The molecule has 0 saturated carbocycles. The van der Waals surface area contributed by atoms with Crippen molar-refractivity contribution in [1.29, 1.82) is 5.26 Å². The summed E-state index contributed by atoms with van der Waals surface area (Å²) in [7, 11) is 1.27. The van der Waals surface area contributed by atoms with Crippen molar-refractivity contribution in [2.45, 2.75) is 44.2 Å². The molecule has 0 aromatic heterocycles. The van der Waals surface area contributed by atoms with Crippen LogP contribution in [0.25, 0.3) is 11.1 Å². The minimum absolute atomic E-state index is 0.308. The Kier molecular flexibility index (Phi) is 10.3. The quantitative estimate of drug-likeness (QED) is 0.147. The van der Waals surface area contributed by atoms with Crippen LogP contribution in [0, 0.1) is 11.3 Å². The van der Waals surface area contributed by atoms with Gasteiger partial charge in [0, 0.05) is 6.54 Å². The second kappa shape index (κ2) is 15.2. The number of esters is 1. The molecule has 2 unspecified atom stereocenters. The fraction of sp³-hybridized carbons (Fsp3) is 0.214. The van der Waals surface area contributed by atoms with E-state index in [1.807, 2.05) is 72.8 Å². The zero-order chi connectivity index (χ0) is 37.1. The van der Waals surface area contributed by atoms with Gasteiger partial charge in [-0.25, -0.2) is 4.79 Å². The normalized spacial score (nSPS) is 17.0. The number of hydrogen-bond acceptors (Lipinski definition) is 8. The lowest BCUT2D eigenvalue weighted by atomic mass is 9.87. The monoisotopic (exact) mass is 747 g/mol. The Hall–Kier alpha value is -5.53. The van der Waals surface area contributed by atoms with E-state index < -0.39 is 17.6 Å². The van der Waals surface area contributed by atoms with Gasteiger partial charge in [0.2, 0.25) is 5.91 Å². The first kappa shape index (κ1) is 35.9. The standard InChI is InChI=1S/C42H35Cl2N3O6/c1-42(41(49)50-2,31-11-14-33(29(17-31)21-45)26-6-4-3-5-7-26)47-40(48)36-18-28-19-37-38(20-30(28)22-46-36)53-39(24-52-37)27-9-12-32(13-10-27)51-23-25-8-15-34(43)35(44)16-25/h3-17,19-20,36,39,46H,18,22-24H2,1-2H3,(H,47,48)/t36?,39-,42?/m1/s1. The number of nitrogens with zero attached hydrogens (tertiary/aromatic N) is 1. The van der Waals surface area contributed by atoms with E-state index in [9.17, 15) is 14.9 Å². The summed E-state index contributed by atoms with van der Waals surface area (Å²) in [6.07, 6.45) is 0.0394. The SMILES string of the molecule is COC(=O)C(C)(NC(=O)C1Cc2cc3c(cc2CN1)O[C@@H](c1ccc(OCc2ccc(Cl)c(Cl)c2)cc1)CO3)c1ccc(-c2ccccc2)c(C#N)c1. The van der Waals surface area contributed by atoms with E-state index in [0.717, 1.165) is 33.4 Å². The first-order valence-corrected chi connectivity index (χ1v) is 17.8. The first-order valence-electron chi connectivity index (χ1n) is 17.0. The van der Waals surface area contributed by atoms with E-state index in [4.69, 9.17) is 42.1 Å². The average molecular weight is 749 g/mol. The molecule has 2 heterocycles. The number of benzene rings is 5. The van der Waals surface area contributed by atoms with Crippen molar-refractivity contribution < 1.29 is 28.5 Å². The maximum Gasteiger partial charge on any atom is 0.336 e. The zero-order valence-corrected chi connectivity index (χ0v) is 30.5. The number of carbonyl (C=O) groups excluding carboxylic acids is 2. The summed E-state index contributed by atoms with van der Waals surface area (Å²) < 4.78 is 23.6. The van der Waals surface area contributed by atoms with Crippen LogP contribution < -0.4 is 24.8 Å². The Morgan fingerprint density at radius 2 is 1.72 bits per heavy atom. The van der Waals surface area contributed by atoms with Gasteiger partial charge in [-0.2, -0.15) is 5.26 Å². The van der Waals surface area contributed by atoms with Crippen LogP contribution in [-0.4, -0.2) is 31.6 Å². The maximum atomic E-state index is 13.8. The van der Waals surface area contributed by atoms with Gasteiger partial charge < -0.3 is 29.6 Å². The van der Waals surface area contributed by atoms with Crippen molar-refractivity contribution in [3.8, 4) is 34.4 Å². The number of ether oxygens (including phenoxy) is 4. The Morgan fingerprint density at radius 1 is 0.943 bits per heavy atom. The van der Waals surface area contributed by atoms with Crippen molar-refractivity contribution in [2.75, 3.05) is 13.7 Å². The van der Waals surface area contributed by atoms with Gasteiger partial charge >= 0.3 is 5.97 Å². The molecule has 1 amide bonds. The average Bonchev–Trinajstić information content (AvgIpc) is 3.19. The maximum absolute atomic E-state index is 13.8. The highest BCUT2D eigenvalue weighted by Crippen LogP contribution is 2.40. The summed E-state index contributed by atoms with van der Waals surface area (Å²) >= 11 is 12.1. The van der Waals surface area contributed by atoms with Gasteiger partial charge in [0.1, 0.15) is 19.0 Å². The van der Waals surface area contributed by atoms with Crippen LogP contribution in [0.4, 0.5) is 0 Å². The molecule has 5 aromatic rings. The molecule has 0 spiro atoms. The minimum Gasteiger partial charge on any atom is -0.489 e. The highest BCUT2D eigenvalue weighted by Gasteiger charge is 2.41. The van der Waals surface area contributed by atoms with E-state index in [1.54, 1.807) is 37.3 Å². The Morgan fingerprint density at radius 3 is 2.45 bits per heavy atom. The molecule has 7 rings (SSSR count). The fourth-order valence-electron chi connectivity index (χ4n) is 6.60. The summed E-state index contributed by atoms with van der Waals surface area (Å²) in [6.45, 7) is 2.65. The van der Waals surface area contributed by atoms with E-state index in [0.29, 0.717) is 64.6 Å². The van der Waals surface area contributed by atoms with Gasteiger partial charge in [-0.3, -0.25) is 4.79 Å². The number of nitrogens with one attached hydrogen (secondary N) is 2. The molecule has 0 fully saturated rings. The Bertz CT molecular complexity index is 2220. The van der Waals surface area contributed by atoms with Gasteiger partial charge in [-0.1, -0.05) is 83.9 Å². The number of fused-ring (bicyclic) bond motifs is 2. The lowest BCUT2D eigenvalue weighted by Gasteiger charge is -2.33. The lowest BCUT2D eigenvalue weighted by Crippen LogP contribution is -2.57. The van der Waals surface area contributed by atoms with Crippen molar-refractivity contribution in [1.82, 2.24) is 10.6 Å². The number of nitriles is 1. The number of amides is 1. The fourth-order valence-corrected chi connectivity index (χ4v) is 6.92. The largest absolute Gasteiger partial charge is 0.489 e. The van der Waals surface area contributed by atoms with Gasteiger partial charge in [-0.05, 0) is 94.8 Å². The van der Waals surface area contributed by atoms with Gasteiger partial charge in [-0.15, -0.1) is 0 Å². The second-order valence-electron chi connectivity index (χ2n) is 13.1. The van der Waals surface area contributed by atoms with Crippen molar-refractivity contribution in [3.63, 3.8) is 0 Å². The van der Waals surface area contributed by atoms with Crippen molar-refractivity contribution in [3.05, 3.63) is 147 Å². The second-order valence-corrected chi connectivity index (χ2v) is 13.9. The molecule has 9 nitrogen and oxygen atoms in total. The van der Waals surface area contributed by atoms with Crippen molar-refractivity contribution in [2.24, 2.45) is 0 Å². The molecule has 0 bridgehead atoms. The van der Waals surface area contributed by atoms with E-state index >= 15 is 0 Å². The third kappa shape index (κ3) is 7.53. The highest BCUT2D eigenvalue weighted by atomic mass is 35.5. The summed E-state index contributed by atoms with van der Waals surface area (Å²) in [5.41, 5.74) is 4.62. The number of methoxy groups -OCH3 is 1. The van der Waals surface area contributed by atoms with E-state index in [2.05, 4.69) is 16.7 Å². The molecular weight excluding hydrogens is 713 g/mol. The first-order chi connectivity index (χ1) is 25.6. The topological polar surface area (TPSA) is 119 Å². The molecule has 2 aliphatic rings. The summed E-state index contributed by atoms with van der Waals surface area (Å²) in [6, 6.07) is 33.2. The third-order valence-electron chi connectivity index (χ3n) is 9.62. The van der Waals surface area contributed by atoms with Crippen LogP contribution in [0.15, 0.2) is 103 Å². The highest BCUT2D eigenvalue weighted by molar-refractivity contribution is 6.42. The number of halogens is 2. The number of rotatable bonds is 9. The van der Waals surface area contributed by atoms with Gasteiger partial charge in [0.25, 0.3) is 0 Å². The van der Waals surface area contributed by atoms with E-state index in [1.165, 1.54) is 7.11 Å². The van der Waals surface area contributed by atoms with E-state index in [-0.39, 0.29) is 12.0 Å². The molecule has 11 heteroatoms. The van der Waals surface area contributed by atoms with Crippen LogP contribution in [0.5, 0.6) is 17.2 Å². The lowest BCUT2D eigenvalue weighted by molar-refractivity contribution is -0.151. The smallest absolute Gasteiger partial charge is 0.336 e. The molecule has 0 saturated heterocycles. The molecule has 268 valence electrons. The predicted molar refractivity (Wildman–Crippen MR) is 201 cm³/mol. The summed E-state index contributed by atoms with van der Waals surface area (Å²) in [4.78, 5) is 27.0. The van der Waals surface area contributed by atoms with Gasteiger partial charge in [0.05, 0.1) is 34.8 Å². The van der Waals surface area contributed by atoms with Crippen LogP contribution >= 0.6 is 23.2 Å². The van der Waals surface area contributed by atoms with Crippen molar-refractivity contribution >= 4 is 35.1 Å². The molecule has 2 aliphatic heterocycles. The molecule has 0 aliphatic carbocycles. The molecular formula is C42H35Cl2N3O6.